The number of quaternary nitrogens is 1. The molecule has 0 radical (unpaired) electrons. The molecule has 0 bridgehead atoms. The van der Waals surface area contributed by atoms with E-state index in [1.54, 1.807) is 0 Å². The molecule has 1 aliphatic carbocycles. The Hall–Kier alpha value is -1.42. The number of carbonyl (C=O) groups excluding carboxylic acids is 1. The summed E-state index contributed by atoms with van der Waals surface area (Å²) in [6.07, 6.45) is 10.5. The van der Waals surface area contributed by atoms with Crippen molar-refractivity contribution in [2.45, 2.75) is 52.0 Å². The Kier molecular flexibility index (Phi) is 3.52. The summed E-state index contributed by atoms with van der Waals surface area (Å²) in [5.74, 6) is 0.790. The minimum atomic E-state index is -0.0234. The highest BCUT2D eigenvalue weighted by Crippen LogP contribution is 2.44. The lowest BCUT2D eigenvalue weighted by atomic mass is 9.82. The number of allylic oxidation sites excluding steroid dienone is 1. The van der Waals surface area contributed by atoms with Crippen molar-refractivity contribution in [3.05, 3.63) is 23.4 Å². The summed E-state index contributed by atoms with van der Waals surface area (Å²) in [7, 11) is 0. The predicted molar refractivity (Wildman–Crippen MR) is 84.5 cm³/mol. The molecule has 0 aromatic heterocycles. The first-order chi connectivity index (χ1) is 9.98. The van der Waals surface area contributed by atoms with Crippen LogP contribution in [0.4, 0.5) is 0 Å². The van der Waals surface area contributed by atoms with E-state index >= 15 is 0 Å². The molecular formula is C17H26N3O+. The first-order valence-electron chi connectivity index (χ1n) is 8.09. The maximum absolute atomic E-state index is 12.6. The Labute approximate surface area is 127 Å². The second kappa shape index (κ2) is 5.09. The number of rotatable bonds is 5. The molecule has 0 aromatic carbocycles. The monoisotopic (exact) mass is 288 g/mol. The van der Waals surface area contributed by atoms with Crippen molar-refractivity contribution in [3.63, 3.8) is 0 Å². The fraction of sp³-hybridized carbons (Fsp3) is 0.647. The molecule has 1 saturated carbocycles. The van der Waals surface area contributed by atoms with Gasteiger partial charge < -0.3 is 5.32 Å². The zero-order valence-corrected chi connectivity index (χ0v) is 13.4. The normalized spacial score (nSPS) is 35.5. The molecule has 2 unspecified atom stereocenters. The van der Waals surface area contributed by atoms with Crippen LogP contribution in [-0.4, -0.2) is 35.3 Å². The third-order valence-electron chi connectivity index (χ3n) is 5.09. The average Bonchev–Trinajstić information content (AvgIpc) is 3.18. The van der Waals surface area contributed by atoms with E-state index in [0.717, 1.165) is 25.0 Å². The average molecular weight is 288 g/mol. The summed E-state index contributed by atoms with van der Waals surface area (Å²) in [5.41, 5.74) is 2.16. The van der Waals surface area contributed by atoms with Crippen LogP contribution in [0.2, 0.25) is 0 Å². The fourth-order valence-electron chi connectivity index (χ4n) is 3.78. The first-order valence-corrected chi connectivity index (χ1v) is 8.09. The molecule has 2 heterocycles. The van der Waals surface area contributed by atoms with E-state index < -0.39 is 0 Å². The highest BCUT2D eigenvalue weighted by Gasteiger charge is 2.46. The Bertz CT molecular complexity index is 530. The molecule has 3 aliphatic rings. The third-order valence-corrected chi connectivity index (χ3v) is 5.09. The zero-order valence-electron chi connectivity index (χ0n) is 13.4. The summed E-state index contributed by atoms with van der Waals surface area (Å²) >= 11 is 0. The second-order valence-electron chi connectivity index (χ2n) is 7.06. The van der Waals surface area contributed by atoms with Crippen LogP contribution in [0, 0.1) is 5.92 Å². The lowest BCUT2D eigenvalue weighted by Crippen LogP contribution is -2.54. The van der Waals surface area contributed by atoms with Crippen LogP contribution in [0.1, 0.15) is 46.5 Å². The fourth-order valence-corrected chi connectivity index (χ4v) is 3.78. The summed E-state index contributed by atoms with van der Waals surface area (Å²) < 4.78 is 0.538. The number of nitrogens with zero attached hydrogens (tertiary/aromatic N) is 2. The maximum atomic E-state index is 12.6. The molecule has 2 atom stereocenters. The van der Waals surface area contributed by atoms with E-state index in [1.165, 1.54) is 18.4 Å². The minimum Gasteiger partial charge on any atom is -0.346 e. The first kappa shape index (κ1) is 14.5. The minimum absolute atomic E-state index is 0.0234. The van der Waals surface area contributed by atoms with Crippen molar-refractivity contribution < 1.29 is 9.39 Å². The van der Waals surface area contributed by atoms with E-state index in [2.05, 4.69) is 37.4 Å². The number of hydrogen-bond donors (Lipinski definition) is 1. The van der Waals surface area contributed by atoms with Crippen LogP contribution in [0.25, 0.3) is 0 Å². The van der Waals surface area contributed by atoms with Crippen molar-refractivity contribution >= 4 is 12.1 Å². The molecule has 1 fully saturated rings. The summed E-state index contributed by atoms with van der Waals surface area (Å²) in [4.78, 5) is 12.6. The van der Waals surface area contributed by atoms with Gasteiger partial charge in [0, 0.05) is 11.6 Å². The quantitative estimate of drug-likeness (QED) is 0.777. The highest BCUT2D eigenvalue weighted by molar-refractivity contribution is 5.96. The van der Waals surface area contributed by atoms with Crippen LogP contribution in [0.3, 0.4) is 0 Å². The summed E-state index contributed by atoms with van der Waals surface area (Å²) in [6.45, 7) is 8.11. The van der Waals surface area contributed by atoms with Crippen LogP contribution in [0.15, 0.2) is 28.5 Å². The molecule has 114 valence electrons. The molecule has 1 N–H and O–H groups in total. The van der Waals surface area contributed by atoms with Crippen molar-refractivity contribution in [1.29, 1.82) is 0 Å². The lowest BCUT2D eigenvalue weighted by Gasteiger charge is -2.38. The Morgan fingerprint density at radius 1 is 1.48 bits per heavy atom. The van der Waals surface area contributed by atoms with Crippen molar-refractivity contribution in [2.24, 2.45) is 11.0 Å². The van der Waals surface area contributed by atoms with Crippen molar-refractivity contribution in [1.82, 2.24) is 5.32 Å². The number of hydrogen-bond acceptors (Lipinski definition) is 2. The molecule has 4 nitrogen and oxygen atoms in total. The van der Waals surface area contributed by atoms with Gasteiger partial charge in [0.25, 0.3) is 5.91 Å². The van der Waals surface area contributed by atoms with Crippen molar-refractivity contribution in [3.8, 4) is 0 Å². The molecule has 21 heavy (non-hydrogen) atoms. The molecule has 0 aromatic rings. The Morgan fingerprint density at radius 3 is 2.76 bits per heavy atom. The van der Waals surface area contributed by atoms with Gasteiger partial charge in [0.2, 0.25) is 0 Å². The van der Waals surface area contributed by atoms with E-state index in [0.29, 0.717) is 17.1 Å². The van der Waals surface area contributed by atoms with Crippen LogP contribution < -0.4 is 5.32 Å². The van der Waals surface area contributed by atoms with Crippen molar-refractivity contribution in [2.75, 3.05) is 13.1 Å². The SMILES string of the molecule is CCC[N+]1(CC2=C(C)CC(C)(C3CC3)NC2=O)C=CC=N1. The van der Waals surface area contributed by atoms with E-state index in [9.17, 15) is 4.79 Å². The van der Waals surface area contributed by atoms with Gasteiger partial charge in [-0.25, -0.2) is 0 Å². The molecule has 3 rings (SSSR count). The van der Waals surface area contributed by atoms with Gasteiger partial charge in [-0.2, -0.15) is 4.59 Å². The van der Waals surface area contributed by atoms with E-state index in [1.807, 2.05) is 12.3 Å². The summed E-state index contributed by atoms with van der Waals surface area (Å²) in [5, 5.41) is 7.88. The molecule has 4 heteroatoms. The topological polar surface area (TPSA) is 41.5 Å². The van der Waals surface area contributed by atoms with Crippen LogP contribution >= 0.6 is 0 Å². The molecule has 0 saturated heterocycles. The van der Waals surface area contributed by atoms with Gasteiger partial charge in [-0.15, -0.1) is 0 Å². The number of carbonyl (C=O) groups is 1. The largest absolute Gasteiger partial charge is 0.346 e. The van der Waals surface area contributed by atoms with Crippen LogP contribution in [-0.2, 0) is 4.79 Å². The lowest BCUT2D eigenvalue weighted by molar-refractivity contribution is -0.878. The number of nitrogens with one attached hydrogen (secondary N) is 1. The second-order valence-corrected chi connectivity index (χ2v) is 7.06. The smallest absolute Gasteiger partial charge is 0.253 e. The van der Waals surface area contributed by atoms with Gasteiger partial charge in [0.1, 0.15) is 19.3 Å². The zero-order chi connectivity index (χ0) is 15.1. The standard InChI is InChI=1S/C17H25N3O/c1-4-9-20(10-5-8-18-20)12-15-13(2)11-17(3,14-6-7-14)19-16(15)21/h5,8,10,14H,4,6-7,9,11-12H2,1-3H3/p+1. The molecule has 1 amide bonds. The third kappa shape index (κ3) is 2.69. The van der Waals surface area contributed by atoms with Gasteiger partial charge in [-0.1, -0.05) is 17.6 Å². The van der Waals surface area contributed by atoms with Crippen LogP contribution in [0.5, 0.6) is 0 Å². The molecule has 2 aliphatic heterocycles. The highest BCUT2D eigenvalue weighted by atomic mass is 16.2. The molecule has 0 spiro atoms. The Morgan fingerprint density at radius 2 is 2.24 bits per heavy atom. The summed E-state index contributed by atoms with van der Waals surface area (Å²) in [6, 6.07) is 0. The van der Waals surface area contributed by atoms with Gasteiger partial charge in [-0.3, -0.25) is 4.79 Å². The number of amides is 1. The molecular weight excluding hydrogens is 262 g/mol. The van der Waals surface area contributed by atoms with E-state index in [4.69, 9.17) is 0 Å². The van der Waals surface area contributed by atoms with Gasteiger partial charge in [0.05, 0.1) is 11.8 Å². The van der Waals surface area contributed by atoms with E-state index in [-0.39, 0.29) is 11.4 Å². The Balaban J connectivity index is 1.82. The van der Waals surface area contributed by atoms with Gasteiger partial charge in [-0.05, 0) is 45.4 Å². The predicted octanol–water partition coefficient (Wildman–Crippen LogP) is 2.73. The van der Waals surface area contributed by atoms with Gasteiger partial charge in [0.15, 0.2) is 0 Å². The maximum Gasteiger partial charge on any atom is 0.253 e. The van der Waals surface area contributed by atoms with Gasteiger partial charge >= 0.3 is 0 Å².